The summed E-state index contributed by atoms with van der Waals surface area (Å²) in [6, 6.07) is 4.63. The van der Waals surface area contributed by atoms with Gasteiger partial charge in [-0.05, 0) is 43.1 Å². The molecule has 2 rings (SSSR count). The van der Waals surface area contributed by atoms with Crippen molar-refractivity contribution >= 4 is 11.6 Å². The van der Waals surface area contributed by atoms with Crippen LogP contribution in [0, 0.1) is 5.41 Å². The van der Waals surface area contributed by atoms with Gasteiger partial charge in [-0.1, -0.05) is 13.0 Å². The zero-order valence-electron chi connectivity index (χ0n) is 12.4. The number of carbonyl (C=O) groups excluding carboxylic acids is 1. The summed E-state index contributed by atoms with van der Waals surface area (Å²) in [7, 11) is 0. The molecule has 1 unspecified atom stereocenters. The van der Waals surface area contributed by atoms with E-state index in [9.17, 15) is 18.0 Å². The first-order chi connectivity index (χ1) is 10.2. The number of amides is 1. The highest BCUT2D eigenvalue weighted by Crippen LogP contribution is 2.31. The number of carbonyl (C=O) groups is 1. The summed E-state index contributed by atoms with van der Waals surface area (Å²) in [6.45, 7) is 4.27. The van der Waals surface area contributed by atoms with Gasteiger partial charge in [-0.25, -0.2) is 0 Å². The number of benzene rings is 1. The van der Waals surface area contributed by atoms with E-state index in [4.69, 9.17) is 5.73 Å². The molecule has 0 aromatic heterocycles. The lowest BCUT2D eigenvalue weighted by Gasteiger charge is -2.22. The third kappa shape index (κ3) is 4.20. The van der Waals surface area contributed by atoms with Gasteiger partial charge in [0.25, 0.3) is 0 Å². The molecule has 1 atom stereocenters. The van der Waals surface area contributed by atoms with E-state index < -0.39 is 11.7 Å². The van der Waals surface area contributed by atoms with Crippen molar-refractivity contribution in [2.45, 2.75) is 19.5 Å². The molecule has 1 aliphatic rings. The Morgan fingerprint density at radius 3 is 2.77 bits per heavy atom. The number of nitrogens with two attached hydrogens (primary N) is 1. The van der Waals surface area contributed by atoms with Crippen molar-refractivity contribution in [2.24, 2.45) is 11.1 Å². The van der Waals surface area contributed by atoms with Crippen molar-refractivity contribution in [1.29, 1.82) is 0 Å². The molecule has 1 aromatic carbocycles. The molecule has 1 aromatic rings. The van der Waals surface area contributed by atoms with E-state index in [1.165, 1.54) is 12.1 Å². The minimum atomic E-state index is -4.42. The molecule has 4 nitrogen and oxygen atoms in total. The molecular weight excluding hydrogens is 295 g/mol. The molecule has 122 valence electrons. The van der Waals surface area contributed by atoms with Gasteiger partial charge in [0.2, 0.25) is 5.91 Å². The average Bonchev–Trinajstić information content (AvgIpc) is 2.80. The summed E-state index contributed by atoms with van der Waals surface area (Å²) in [5.41, 5.74) is 5.10. The predicted octanol–water partition coefficient (Wildman–Crippen LogP) is 2.31. The number of nitrogens with one attached hydrogen (secondary N) is 1. The minimum absolute atomic E-state index is 0.0104. The van der Waals surface area contributed by atoms with Crippen molar-refractivity contribution < 1.29 is 18.0 Å². The highest BCUT2D eigenvalue weighted by Gasteiger charge is 2.33. The Labute approximate surface area is 127 Å². The summed E-state index contributed by atoms with van der Waals surface area (Å²) < 4.78 is 37.9. The maximum atomic E-state index is 12.6. The third-order valence-electron chi connectivity index (χ3n) is 3.97. The Balaban J connectivity index is 1.93. The molecular formula is C15H20F3N3O. The second-order valence-electron chi connectivity index (χ2n) is 6.10. The number of hydrogen-bond acceptors (Lipinski definition) is 3. The van der Waals surface area contributed by atoms with Crippen molar-refractivity contribution in [3.8, 4) is 0 Å². The lowest BCUT2D eigenvalue weighted by molar-refractivity contribution is -0.137. The van der Waals surface area contributed by atoms with E-state index in [1.54, 1.807) is 0 Å². The maximum Gasteiger partial charge on any atom is 0.416 e. The normalized spacial score (nSPS) is 22.8. The Morgan fingerprint density at radius 2 is 2.18 bits per heavy atom. The van der Waals surface area contributed by atoms with Crippen LogP contribution in [-0.2, 0) is 11.0 Å². The molecule has 3 N–H and O–H groups in total. The molecule has 0 radical (unpaired) electrons. The van der Waals surface area contributed by atoms with E-state index in [-0.39, 0.29) is 23.6 Å². The van der Waals surface area contributed by atoms with Gasteiger partial charge in [0.1, 0.15) is 0 Å². The van der Waals surface area contributed by atoms with Gasteiger partial charge in [-0.2, -0.15) is 13.2 Å². The standard InChI is InChI=1S/C15H20F3N3O/c1-14(9-19)5-6-21(10-14)8-13(22)20-12-4-2-3-11(7-12)15(16,17)18/h2-4,7H,5-6,8-10,19H2,1H3,(H,20,22). The van der Waals surface area contributed by atoms with E-state index in [2.05, 4.69) is 12.2 Å². The highest BCUT2D eigenvalue weighted by molar-refractivity contribution is 5.92. The number of likely N-dealkylation sites (tertiary alicyclic amines) is 1. The second kappa shape index (κ2) is 6.26. The molecule has 1 heterocycles. The fourth-order valence-electron chi connectivity index (χ4n) is 2.60. The first kappa shape index (κ1) is 16.8. The molecule has 1 aliphatic heterocycles. The first-order valence-corrected chi connectivity index (χ1v) is 7.11. The Bertz CT molecular complexity index is 547. The molecule has 0 spiro atoms. The molecule has 1 saturated heterocycles. The zero-order chi connectivity index (χ0) is 16.4. The van der Waals surface area contributed by atoms with E-state index in [0.29, 0.717) is 6.54 Å². The summed E-state index contributed by atoms with van der Waals surface area (Å²) in [4.78, 5) is 13.9. The number of alkyl halides is 3. The van der Waals surface area contributed by atoms with Crippen LogP contribution in [0.4, 0.5) is 18.9 Å². The quantitative estimate of drug-likeness (QED) is 0.896. The lowest BCUT2D eigenvalue weighted by Crippen LogP contribution is -2.35. The van der Waals surface area contributed by atoms with Crippen molar-refractivity contribution in [3.05, 3.63) is 29.8 Å². The monoisotopic (exact) mass is 315 g/mol. The summed E-state index contributed by atoms with van der Waals surface area (Å²) in [5, 5.41) is 2.51. The van der Waals surface area contributed by atoms with E-state index in [1.807, 2.05) is 4.90 Å². The smallest absolute Gasteiger partial charge is 0.330 e. The lowest BCUT2D eigenvalue weighted by atomic mass is 9.90. The van der Waals surface area contributed by atoms with Gasteiger partial charge < -0.3 is 11.1 Å². The molecule has 0 bridgehead atoms. The number of halogens is 3. The number of rotatable bonds is 4. The zero-order valence-corrected chi connectivity index (χ0v) is 12.4. The van der Waals surface area contributed by atoms with E-state index >= 15 is 0 Å². The first-order valence-electron chi connectivity index (χ1n) is 7.11. The molecule has 0 saturated carbocycles. The molecule has 1 fully saturated rings. The van der Waals surface area contributed by atoms with Crippen LogP contribution >= 0.6 is 0 Å². The van der Waals surface area contributed by atoms with Gasteiger partial charge in [0.05, 0.1) is 12.1 Å². The Kier molecular flexibility index (Phi) is 4.77. The van der Waals surface area contributed by atoms with Crippen molar-refractivity contribution in [2.75, 3.05) is 31.5 Å². The average molecular weight is 315 g/mol. The van der Waals surface area contributed by atoms with Crippen LogP contribution in [0.15, 0.2) is 24.3 Å². The maximum absolute atomic E-state index is 12.6. The second-order valence-corrected chi connectivity index (χ2v) is 6.10. The molecule has 22 heavy (non-hydrogen) atoms. The number of nitrogens with zero attached hydrogens (tertiary/aromatic N) is 1. The van der Waals surface area contributed by atoms with Crippen LogP contribution < -0.4 is 11.1 Å². The molecule has 0 aliphatic carbocycles. The van der Waals surface area contributed by atoms with Gasteiger partial charge >= 0.3 is 6.18 Å². The Morgan fingerprint density at radius 1 is 1.45 bits per heavy atom. The highest BCUT2D eigenvalue weighted by atomic mass is 19.4. The van der Waals surface area contributed by atoms with Crippen LogP contribution in [-0.4, -0.2) is 37.0 Å². The molecule has 7 heteroatoms. The predicted molar refractivity (Wildman–Crippen MR) is 78.3 cm³/mol. The number of hydrogen-bond donors (Lipinski definition) is 2. The topological polar surface area (TPSA) is 58.4 Å². The van der Waals surface area contributed by atoms with Crippen LogP contribution in [0.1, 0.15) is 18.9 Å². The largest absolute Gasteiger partial charge is 0.416 e. The Hall–Kier alpha value is -1.60. The van der Waals surface area contributed by atoms with Gasteiger partial charge in [-0.15, -0.1) is 0 Å². The fraction of sp³-hybridized carbons (Fsp3) is 0.533. The number of anilines is 1. The summed E-state index contributed by atoms with van der Waals surface area (Å²) in [5.74, 6) is -0.319. The van der Waals surface area contributed by atoms with Crippen LogP contribution in [0.3, 0.4) is 0 Å². The third-order valence-corrected chi connectivity index (χ3v) is 3.97. The summed E-state index contributed by atoms with van der Waals surface area (Å²) >= 11 is 0. The van der Waals surface area contributed by atoms with Crippen molar-refractivity contribution in [1.82, 2.24) is 4.90 Å². The van der Waals surface area contributed by atoms with Crippen LogP contribution in [0.2, 0.25) is 0 Å². The fourth-order valence-corrected chi connectivity index (χ4v) is 2.60. The van der Waals surface area contributed by atoms with E-state index in [0.717, 1.165) is 31.6 Å². The molecule has 1 amide bonds. The van der Waals surface area contributed by atoms with Gasteiger partial charge in [-0.3, -0.25) is 9.69 Å². The summed E-state index contributed by atoms with van der Waals surface area (Å²) in [6.07, 6.45) is -3.50. The van der Waals surface area contributed by atoms with Gasteiger partial charge in [0.15, 0.2) is 0 Å². The minimum Gasteiger partial charge on any atom is -0.330 e. The van der Waals surface area contributed by atoms with Gasteiger partial charge in [0, 0.05) is 12.2 Å². The van der Waals surface area contributed by atoms with Crippen LogP contribution in [0.25, 0.3) is 0 Å². The SMILES string of the molecule is CC1(CN)CCN(CC(=O)Nc2cccc(C(F)(F)F)c2)C1. The van der Waals surface area contributed by atoms with Crippen LogP contribution in [0.5, 0.6) is 0 Å². The van der Waals surface area contributed by atoms with Crippen molar-refractivity contribution in [3.63, 3.8) is 0 Å².